The predicted octanol–water partition coefficient (Wildman–Crippen LogP) is 6.88. The Labute approximate surface area is 101 Å². The molecule has 0 spiro atoms. The molecule has 0 aromatic rings. The summed E-state index contributed by atoms with van der Waals surface area (Å²) in [6, 6.07) is 0. The van der Waals surface area contributed by atoms with Crippen molar-refractivity contribution in [3.63, 3.8) is 0 Å². The van der Waals surface area contributed by atoms with Gasteiger partial charge in [-0.1, -0.05) is 74.5 Å². The summed E-state index contributed by atoms with van der Waals surface area (Å²) in [6.45, 7) is 26.8. The number of rotatable bonds is 1. The van der Waals surface area contributed by atoms with Gasteiger partial charge in [-0.05, 0) is 13.3 Å². The van der Waals surface area contributed by atoms with Crippen LogP contribution >= 0.6 is 0 Å². The van der Waals surface area contributed by atoms with Gasteiger partial charge in [0.05, 0.1) is 0 Å². The van der Waals surface area contributed by atoms with Crippen LogP contribution in [0, 0.1) is 0 Å². The van der Waals surface area contributed by atoms with Crippen LogP contribution < -0.4 is 0 Å². The summed E-state index contributed by atoms with van der Waals surface area (Å²) in [5.74, 6) is 0. The van der Waals surface area contributed by atoms with E-state index in [0.29, 0.717) is 0 Å². The minimum absolute atomic E-state index is 1.08. The molecule has 0 heterocycles. The third kappa shape index (κ3) is 7710. The molecular formula is C15H38. The van der Waals surface area contributed by atoms with Gasteiger partial charge in [-0.3, -0.25) is 0 Å². The zero-order valence-electron chi connectivity index (χ0n) is 13.3. The molecule has 98 valence electrons. The maximum Gasteiger partial charge on any atom is -0.0382 e. The second kappa shape index (κ2) is 341. The highest BCUT2D eigenvalue weighted by molar-refractivity contribution is 4.60. The molecule has 0 N–H and O–H groups in total. The van der Waals surface area contributed by atoms with Crippen molar-refractivity contribution in [2.24, 2.45) is 0 Å². The van der Waals surface area contributed by atoms with Crippen LogP contribution in [0.15, 0.2) is 25.3 Å². The molecule has 15 heavy (non-hydrogen) atoms. The van der Waals surface area contributed by atoms with Gasteiger partial charge in [-0.2, -0.15) is 0 Å². The first kappa shape index (κ1) is 36.6. The van der Waals surface area contributed by atoms with Crippen LogP contribution in [0.5, 0.6) is 0 Å². The molecule has 0 fully saturated rings. The Hall–Kier alpha value is -0.520. The second-order valence-corrected chi connectivity index (χ2v) is 1.11. The molecule has 0 aromatic carbocycles. The van der Waals surface area contributed by atoms with E-state index in [2.05, 4.69) is 20.1 Å². The van der Waals surface area contributed by atoms with Gasteiger partial charge in [0.25, 0.3) is 0 Å². The predicted molar refractivity (Wildman–Crippen MR) is 81.8 cm³/mol. The summed E-state index contributed by atoms with van der Waals surface area (Å²) in [5.41, 5.74) is 0. The van der Waals surface area contributed by atoms with Crippen molar-refractivity contribution in [2.45, 2.75) is 75.7 Å². The average Bonchev–Trinajstić information content (AvgIpc) is 2.39. The molecule has 0 aliphatic carbocycles. The van der Waals surface area contributed by atoms with E-state index in [1.807, 2.05) is 68.4 Å². The van der Waals surface area contributed by atoms with E-state index in [9.17, 15) is 0 Å². The van der Waals surface area contributed by atoms with E-state index in [1.54, 1.807) is 6.08 Å². The second-order valence-electron chi connectivity index (χ2n) is 1.11. The normalized spacial score (nSPS) is 4.13. The first-order valence-electron chi connectivity index (χ1n) is 6.51. The Morgan fingerprint density at radius 1 is 0.733 bits per heavy atom. The fourth-order valence-corrected chi connectivity index (χ4v) is 0. The lowest BCUT2D eigenvalue weighted by atomic mass is 10.5. The van der Waals surface area contributed by atoms with Crippen molar-refractivity contribution in [1.29, 1.82) is 0 Å². The highest BCUT2D eigenvalue weighted by atomic mass is 13.5. The van der Waals surface area contributed by atoms with E-state index in [-0.39, 0.29) is 0 Å². The largest absolute Gasteiger partial charge is 0.103 e. The van der Waals surface area contributed by atoms with Gasteiger partial charge >= 0.3 is 0 Å². The van der Waals surface area contributed by atoms with Gasteiger partial charge in [0.2, 0.25) is 0 Å². The smallest absolute Gasteiger partial charge is 0.0382 e. The summed E-state index contributed by atoms with van der Waals surface area (Å²) < 4.78 is 0. The van der Waals surface area contributed by atoms with E-state index in [0.717, 1.165) is 6.42 Å². The van der Waals surface area contributed by atoms with Gasteiger partial charge < -0.3 is 0 Å². The Kier molecular flexibility index (Phi) is 833. The molecular weight excluding hydrogens is 180 g/mol. The van der Waals surface area contributed by atoms with E-state index >= 15 is 0 Å². The van der Waals surface area contributed by atoms with Crippen LogP contribution in [0.1, 0.15) is 75.7 Å². The molecule has 0 unspecified atom stereocenters. The lowest BCUT2D eigenvalue weighted by molar-refractivity contribution is 1.23. The minimum atomic E-state index is 1.08. The Morgan fingerprint density at radius 2 is 0.800 bits per heavy atom. The average molecular weight is 218 g/mol. The lowest BCUT2D eigenvalue weighted by Crippen LogP contribution is -1.36. The first-order valence-corrected chi connectivity index (χ1v) is 6.51. The maximum absolute atomic E-state index is 3.48. The van der Waals surface area contributed by atoms with Gasteiger partial charge in [-0.15, -0.1) is 13.2 Å². The van der Waals surface area contributed by atoms with Gasteiger partial charge in [0.15, 0.2) is 0 Å². The molecule has 0 heteroatoms. The number of hydrogen-bond acceptors (Lipinski definition) is 0. The van der Waals surface area contributed by atoms with Crippen molar-refractivity contribution < 1.29 is 0 Å². The molecule has 0 rings (SSSR count). The Balaban J connectivity index is -0.0000000168. The molecule has 0 atom stereocenters. The molecule has 0 bridgehead atoms. The van der Waals surface area contributed by atoms with Crippen LogP contribution in [0.25, 0.3) is 0 Å². The summed E-state index contributed by atoms with van der Waals surface area (Å²) in [4.78, 5) is 0. The zero-order chi connectivity index (χ0) is 14.1. The summed E-state index contributed by atoms with van der Waals surface area (Å²) in [7, 11) is 0. The van der Waals surface area contributed by atoms with Gasteiger partial charge in [0.1, 0.15) is 0 Å². The van der Waals surface area contributed by atoms with Crippen molar-refractivity contribution in [2.75, 3.05) is 0 Å². The topological polar surface area (TPSA) is 0 Å². The summed E-state index contributed by atoms with van der Waals surface area (Å²) in [5, 5.41) is 0. The van der Waals surface area contributed by atoms with E-state index in [1.165, 1.54) is 0 Å². The number of allylic oxidation sites excluding steroid dienone is 2. The number of hydrogen-bond donors (Lipinski definition) is 0. The SMILES string of the molecule is C=CC.C=CCC.CC.CC.CC.CC. The highest BCUT2D eigenvalue weighted by Gasteiger charge is 1.45. The Morgan fingerprint density at radius 3 is 0.800 bits per heavy atom. The van der Waals surface area contributed by atoms with E-state index < -0.39 is 0 Å². The first-order chi connectivity index (χ1) is 7.33. The van der Waals surface area contributed by atoms with Crippen molar-refractivity contribution in [3.8, 4) is 0 Å². The van der Waals surface area contributed by atoms with Crippen molar-refractivity contribution in [1.82, 2.24) is 0 Å². The highest BCUT2D eigenvalue weighted by Crippen LogP contribution is 1.66. The molecule has 0 radical (unpaired) electrons. The van der Waals surface area contributed by atoms with Crippen LogP contribution in [-0.2, 0) is 0 Å². The zero-order valence-corrected chi connectivity index (χ0v) is 13.3. The summed E-state index contributed by atoms with van der Waals surface area (Å²) >= 11 is 0. The van der Waals surface area contributed by atoms with Gasteiger partial charge in [-0.25, -0.2) is 0 Å². The molecule has 0 amide bonds. The quantitative estimate of drug-likeness (QED) is 0.421. The summed E-state index contributed by atoms with van der Waals surface area (Å²) in [6.07, 6.45) is 4.71. The molecule has 0 saturated carbocycles. The molecule has 0 saturated heterocycles. The third-order valence-electron chi connectivity index (χ3n) is 0.289. The molecule has 0 aliphatic heterocycles. The van der Waals surface area contributed by atoms with Crippen LogP contribution in [-0.4, -0.2) is 0 Å². The monoisotopic (exact) mass is 218 g/mol. The minimum Gasteiger partial charge on any atom is -0.103 e. The molecule has 0 aliphatic rings. The fraction of sp³-hybridized carbons (Fsp3) is 0.733. The molecule has 0 nitrogen and oxygen atoms in total. The van der Waals surface area contributed by atoms with Crippen LogP contribution in [0.4, 0.5) is 0 Å². The standard InChI is InChI=1S/C4H8.C3H6.4C2H6/c1-3-4-2;1-3-2;4*1-2/h3H,1,4H2,2H3;3H,1H2,2H3;4*1-2H3. The Bertz CT molecular complexity index is 35.3. The van der Waals surface area contributed by atoms with Crippen LogP contribution in [0.3, 0.4) is 0 Å². The third-order valence-corrected chi connectivity index (χ3v) is 0.289. The van der Waals surface area contributed by atoms with E-state index in [4.69, 9.17) is 0 Å². The van der Waals surface area contributed by atoms with Crippen molar-refractivity contribution in [3.05, 3.63) is 25.3 Å². The van der Waals surface area contributed by atoms with Gasteiger partial charge in [0, 0.05) is 0 Å². The molecule has 0 aromatic heterocycles. The lowest BCUT2D eigenvalue weighted by Gasteiger charge is -1.57. The van der Waals surface area contributed by atoms with Crippen LogP contribution in [0.2, 0.25) is 0 Å². The maximum atomic E-state index is 3.48. The van der Waals surface area contributed by atoms with Crippen molar-refractivity contribution >= 4 is 0 Å². The fourth-order valence-electron chi connectivity index (χ4n) is 0.